The molecule has 0 aliphatic carbocycles. The average Bonchev–Trinajstić information content (AvgIpc) is 3.10. The Hall–Kier alpha value is -1.21. The predicted octanol–water partition coefficient (Wildman–Crippen LogP) is 5.70. The summed E-state index contributed by atoms with van der Waals surface area (Å²) in [5.41, 5.74) is 0. The van der Waals surface area contributed by atoms with Gasteiger partial charge in [0.2, 0.25) is 0 Å². The lowest BCUT2D eigenvalue weighted by atomic mass is 10.3. The van der Waals surface area contributed by atoms with E-state index in [1.165, 1.54) is 23.5 Å². The molecular weight excluding hydrogens is 382 g/mol. The first-order valence-electron chi connectivity index (χ1n) is 7.35. The van der Waals surface area contributed by atoms with Crippen molar-refractivity contribution >= 4 is 63.6 Å². The highest BCUT2D eigenvalue weighted by Gasteiger charge is 2.31. The first-order valence-corrected chi connectivity index (χ1v) is 9.77. The molecule has 1 aromatic carbocycles. The van der Waals surface area contributed by atoms with Crippen molar-refractivity contribution in [2.24, 2.45) is 0 Å². The molecule has 0 saturated carbocycles. The van der Waals surface area contributed by atoms with Gasteiger partial charge < -0.3 is 4.42 Å². The van der Waals surface area contributed by atoms with Crippen molar-refractivity contribution in [1.29, 1.82) is 0 Å². The Morgan fingerprint density at radius 3 is 2.75 bits per heavy atom. The third kappa shape index (κ3) is 4.06. The Morgan fingerprint density at radius 2 is 2.04 bits per heavy atom. The number of thiocarbonyl (C=S) groups is 1. The summed E-state index contributed by atoms with van der Waals surface area (Å²) < 4.78 is 6.39. The van der Waals surface area contributed by atoms with Crippen LogP contribution in [0.4, 0.5) is 0 Å². The maximum atomic E-state index is 12.3. The normalized spacial score (nSPS) is 16.4. The third-order valence-corrected chi connectivity index (χ3v) is 5.79. The molecule has 2 heterocycles. The molecule has 0 N–H and O–H groups in total. The zero-order valence-electron chi connectivity index (χ0n) is 12.8. The van der Waals surface area contributed by atoms with Crippen molar-refractivity contribution in [3.63, 3.8) is 0 Å². The molecule has 1 amide bonds. The second kappa shape index (κ2) is 7.78. The fraction of sp³-hybridized carbons (Fsp3) is 0.176. The first-order chi connectivity index (χ1) is 11.6. The van der Waals surface area contributed by atoms with Crippen LogP contribution in [-0.2, 0) is 4.79 Å². The van der Waals surface area contributed by atoms with Crippen LogP contribution < -0.4 is 0 Å². The van der Waals surface area contributed by atoms with Gasteiger partial charge in [-0.1, -0.05) is 54.3 Å². The number of hydrogen-bond acceptors (Lipinski definition) is 5. The Morgan fingerprint density at radius 1 is 1.29 bits per heavy atom. The van der Waals surface area contributed by atoms with Crippen molar-refractivity contribution in [2.45, 2.75) is 23.3 Å². The summed E-state index contributed by atoms with van der Waals surface area (Å²) in [6, 6.07) is 11.3. The number of thioether (sulfide) groups is 1. The van der Waals surface area contributed by atoms with Gasteiger partial charge in [-0.15, -0.1) is 0 Å². The van der Waals surface area contributed by atoms with E-state index in [0.717, 1.165) is 16.4 Å². The number of nitrogens with zero attached hydrogens (tertiary/aromatic N) is 1. The number of carbonyl (C=O) groups excluding carboxylic acids is 1. The molecule has 1 fully saturated rings. The second-order valence-corrected chi connectivity index (χ2v) is 8.24. The smallest absolute Gasteiger partial charge is 0.266 e. The molecule has 3 rings (SSSR count). The molecular formula is C17H14ClNO2S3. The number of hydrogen-bond donors (Lipinski definition) is 0. The minimum atomic E-state index is -0.0462. The largest absolute Gasteiger partial charge is 0.450 e. The molecule has 3 nitrogen and oxygen atoms in total. The highest BCUT2D eigenvalue weighted by molar-refractivity contribution is 8.26. The van der Waals surface area contributed by atoms with E-state index in [4.69, 9.17) is 28.2 Å². The SMILES string of the molecule is CCCN1C(=O)/C(=C\c2ccc(Sc3ccc(Cl)cc3)o2)SC1=S. The average molecular weight is 396 g/mol. The van der Waals surface area contributed by atoms with Gasteiger partial charge in [0.15, 0.2) is 5.09 Å². The number of furan rings is 1. The Bertz CT molecular complexity index is 798. The molecule has 0 bridgehead atoms. The number of carbonyl (C=O) groups is 1. The minimum absolute atomic E-state index is 0.0462. The van der Waals surface area contributed by atoms with Crippen LogP contribution >= 0.6 is 47.3 Å². The van der Waals surface area contributed by atoms with Gasteiger partial charge in [-0.2, -0.15) is 0 Å². The fourth-order valence-corrected chi connectivity index (χ4v) is 4.32. The van der Waals surface area contributed by atoms with E-state index in [9.17, 15) is 4.79 Å². The van der Waals surface area contributed by atoms with Gasteiger partial charge in [-0.3, -0.25) is 9.69 Å². The molecule has 124 valence electrons. The molecule has 2 aromatic rings. The quantitative estimate of drug-likeness (QED) is 0.479. The van der Waals surface area contributed by atoms with Gasteiger partial charge in [-0.05, 0) is 42.8 Å². The zero-order chi connectivity index (χ0) is 17.1. The topological polar surface area (TPSA) is 33.5 Å². The summed E-state index contributed by atoms with van der Waals surface area (Å²) in [6.07, 6.45) is 2.63. The number of benzene rings is 1. The van der Waals surface area contributed by atoms with E-state index in [2.05, 4.69) is 0 Å². The first kappa shape index (κ1) is 17.6. The Balaban J connectivity index is 1.73. The summed E-state index contributed by atoms with van der Waals surface area (Å²) in [5.74, 6) is 0.596. The minimum Gasteiger partial charge on any atom is -0.450 e. The maximum Gasteiger partial charge on any atom is 0.266 e. The lowest BCUT2D eigenvalue weighted by Crippen LogP contribution is -2.28. The highest BCUT2D eigenvalue weighted by atomic mass is 35.5. The lowest BCUT2D eigenvalue weighted by molar-refractivity contribution is -0.122. The van der Waals surface area contributed by atoms with Crippen LogP contribution in [0.15, 0.2) is 55.7 Å². The van der Waals surface area contributed by atoms with E-state index in [0.29, 0.717) is 26.6 Å². The van der Waals surface area contributed by atoms with Gasteiger partial charge in [0, 0.05) is 22.5 Å². The van der Waals surface area contributed by atoms with E-state index < -0.39 is 0 Å². The summed E-state index contributed by atoms with van der Waals surface area (Å²) in [5, 5.41) is 1.46. The van der Waals surface area contributed by atoms with Gasteiger partial charge in [-0.25, -0.2) is 0 Å². The maximum absolute atomic E-state index is 12.3. The molecule has 1 aromatic heterocycles. The van der Waals surface area contributed by atoms with E-state index in [-0.39, 0.29) is 5.91 Å². The number of amides is 1. The van der Waals surface area contributed by atoms with Crippen LogP contribution in [0.25, 0.3) is 6.08 Å². The highest BCUT2D eigenvalue weighted by Crippen LogP contribution is 2.34. The molecule has 7 heteroatoms. The molecule has 0 spiro atoms. The molecule has 0 radical (unpaired) electrons. The summed E-state index contributed by atoms with van der Waals surface area (Å²) in [4.78, 5) is 15.6. The molecule has 0 unspecified atom stereocenters. The molecule has 0 atom stereocenters. The Labute approximate surface area is 159 Å². The van der Waals surface area contributed by atoms with Gasteiger partial charge in [0.25, 0.3) is 5.91 Å². The number of halogens is 1. The standard InChI is InChI=1S/C17H14ClNO2S3/c1-2-9-19-16(20)14(24-17(19)22)10-12-5-8-15(21-12)23-13-6-3-11(18)4-7-13/h3-8,10H,2,9H2,1H3/b14-10+. The van der Waals surface area contributed by atoms with Crippen LogP contribution in [0.3, 0.4) is 0 Å². The van der Waals surface area contributed by atoms with Crippen molar-refractivity contribution in [3.05, 3.63) is 52.1 Å². The lowest BCUT2D eigenvalue weighted by Gasteiger charge is -2.11. The molecule has 1 aliphatic heterocycles. The fourth-order valence-electron chi connectivity index (χ4n) is 2.13. The van der Waals surface area contributed by atoms with Crippen LogP contribution in [-0.4, -0.2) is 21.7 Å². The van der Waals surface area contributed by atoms with E-state index >= 15 is 0 Å². The zero-order valence-corrected chi connectivity index (χ0v) is 16.0. The molecule has 1 saturated heterocycles. The molecule has 1 aliphatic rings. The third-order valence-electron chi connectivity index (χ3n) is 3.23. The van der Waals surface area contributed by atoms with E-state index in [1.807, 2.05) is 43.3 Å². The van der Waals surface area contributed by atoms with Crippen LogP contribution in [0.2, 0.25) is 5.02 Å². The van der Waals surface area contributed by atoms with Crippen LogP contribution in [0, 0.1) is 0 Å². The van der Waals surface area contributed by atoms with Crippen molar-refractivity contribution in [3.8, 4) is 0 Å². The second-order valence-electron chi connectivity index (χ2n) is 5.05. The summed E-state index contributed by atoms with van der Waals surface area (Å²) in [7, 11) is 0. The predicted molar refractivity (Wildman–Crippen MR) is 104 cm³/mol. The van der Waals surface area contributed by atoms with Gasteiger partial charge >= 0.3 is 0 Å². The van der Waals surface area contributed by atoms with Crippen molar-refractivity contribution < 1.29 is 9.21 Å². The van der Waals surface area contributed by atoms with Crippen LogP contribution in [0.5, 0.6) is 0 Å². The van der Waals surface area contributed by atoms with Gasteiger partial charge in [0.1, 0.15) is 10.1 Å². The van der Waals surface area contributed by atoms with Crippen molar-refractivity contribution in [1.82, 2.24) is 4.90 Å². The van der Waals surface area contributed by atoms with Gasteiger partial charge in [0.05, 0.1) is 4.91 Å². The number of rotatable bonds is 5. The summed E-state index contributed by atoms with van der Waals surface area (Å²) >= 11 is 14.0. The van der Waals surface area contributed by atoms with E-state index in [1.54, 1.807) is 11.0 Å². The monoisotopic (exact) mass is 395 g/mol. The summed E-state index contributed by atoms with van der Waals surface area (Å²) in [6.45, 7) is 2.67. The molecule has 24 heavy (non-hydrogen) atoms. The van der Waals surface area contributed by atoms with Crippen molar-refractivity contribution in [2.75, 3.05) is 6.54 Å². The van der Waals surface area contributed by atoms with Crippen LogP contribution in [0.1, 0.15) is 19.1 Å². The Kier molecular flexibility index (Phi) is 5.71.